The zero-order chi connectivity index (χ0) is 20.1. The number of aliphatic carboxylic acids is 1. The van der Waals surface area contributed by atoms with Crippen LogP contribution in [-0.4, -0.2) is 22.7 Å². The van der Waals surface area contributed by atoms with E-state index in [-0.39, 0.29) is 11.7 Å². The number of hydrogen-bond acceptors (Lipinski definition) is 6. The Kier molecular flexibility index (Phi) is 6.19. The van der Waals surface area contributed by atoms with Crippen molar-refractivity contribution in [3.8, 4) is 6.07 Å². The number of nitriles is 1. The van der Waals surface area contributed by atoms with Crippen molar-refractivity contribution in [1.29, 1.82) is 5.26 Å². The fraction of sp³-hybridized carbons (Fsp3) is 0.150. The summed E-state index contributed by atoms with van der Waals surface area (Å²) in [6.07, 6.45) is 0. The van der Waals surface area contributed by atoms with Crippen LogP contribution in [0.15, 0.2) is 69.7 Å². The molecule has 6 nitrogen and oxygen atoms in total. The van der Waals surface area contributed by atoms with Gasteiger partial charge in [-0.3, -0.25) is 9.59 Å². The molecule has 0 aliphatic carbocycles. The lowest BCUT2D eigenvalue weighted by atomic mass is 9.86. The summed E-state index contributed by atoms with van der Waals surface area (Å²) < 4.78 is 0. The number of rotatable bonds is 6. The van der Waals surface area contributed by atoms with Crippen LogP contribution >= 0.6 is 23.1 Å². The lowest BCUT2D eigenvalue weighted by molar-refractivity contribution is -0.133. The second kappa shape index (κ2) is 8.78. The number of thiophene rings is 1. The number of benzene rings is 1. The third-order valence-electron chi connectivity index (χ3n) is 4.09. The predicted molar refractivity (Wildman–Crippen MR) is 111 cm³/mol. The second-order valence-corrected chi connectivity index (χ2v) is 7.93. The lowest BCUT2D eigenvalue weighted by Crippen LogP contribution is -2.30. The summed E-state index contributed by atoms with van der Waals surface area (Å²) in [7, 11) is 0. The maximum Gasteiger partial charge on any atom is 0.313 e. The molecule has 0 saturated carbocycles. The van der Waals surface area contributed by atoms with Crippen molar-refractivity contribution in [3.63, 3.8) is 0 Å². The maximum atomic E-state index is 13.1. The molecule has 2 heterocycles. The summed E-state index contributed by atoms with van der Waals surface area (Å²) in [6, 6.07) is 15.0. The van der Waals surface area contributed by atoms with Crippen LogP contribution in [0.5, 0.6) is 0 Å². The maximum absolute atomic E-state index is 13.1. The molecule has 0 bridgehead atoms. The summed E-state index contributed by atoms with van der Waals surface area (Å²) in [5.74, 6) is -2.00. The molecule has 0 fully saturated rings. The van der Waals surface area contributed by atoms with E-state index in [9.17, 15) is 14.9 Å². The van der Waals surface area contributed by atoms with Crippen LogP contribution < -0.4 is 10.6 Å². The van der Waals surface area contributed by atoms with E-state index in [4.69, 9.17) is 5.11 Å². The van der Waals surface area contributed by atoms with Gasteiger partial charge in [-0.05, 0) is 30.5 Å². The minimum Gasteiger partial charge on any atom is -0.481 e. The summed E-state index contributed by atoms with van der Waals surface area (Å²) in [5, 5.41) is 27.1. The molecule has 1 atom stereocenters. The summed E-state index contributed by atoms with van der Waals surface area (Å²) in [6.45, 7) is 1.76. The molecule has 142 valence electrons. The molecule has 0 radical (unpaired) electrons. The number of nitrogens with zero attached hydrogens (tertiary/aromatic N) is 1. The number of carboxylic acids is 1. The Morgan fingerprint density at radius 1 is 1.29 bits per heavy atom. The average Bonchev–Trinajstić information content (AvgIpc) is 3.20. The smallest absolute Gasteiger partial charge is 0.313 e. The summed E-state index contributed by atoms with van der Waals surface area (Å²) >= 11 is 2.50. The van der Waals surface area contributed by atoms with Crippen LogP contribution in [0.25, 0.3) is 0 Å². The summed E-state index contributed by atoms with van der Waals surface area (Å²) in [4.78, 5) is 24.9. The molecule has 1 aliphatic rings. The molecule has 1 aromatic heterocycles. The molecular weight excluding hydrogens is 394 g/mol. The number of carbonyl (C=O) groups is 2. The molecule has 8 heteroatoms. The van der Waals surface area contributed by atoms with Crippen molar-refractivity contribution < 1.29 is 14.7 Å². The molecule has 1 aliphatic heterocycles. The third kappa shape index (κ3) is 4.27. The first-order valence-electron chi connectivity index (χ1n) is 8.37. The molecule has 3 rings (SSSR count). The van der Waals surface area contributed by atoms with E-state index in [2.05, 4.69) is 16.7 Å². The standard InChI is InChI=1S/C20H17N3O3S2/c1-12-17(19(26)23-13-6-3-2-4-7-13)18(15-8-5-9-27-15)14(10-21)20(22-12)28-11-16(24)25/h2-9,18,22H,11H2,1H3,(H,23,26)(H,24,25). The van der Waals surface area contributed by atoms with Crippen molar-refractivity contribution in [2.45, 2.75) is 12.8 Å². The molecule has 3 N–H and O–H groups in total. The molecular formula is C20H17N3O3S2. The first-order valence-corrected chi connectivity index (χ1v) is 10.2. The highest BCUT2D eigenvalue weighted by Crippen LogP contribution is 2.42. The Bertz CT molecular complexity index is 989. The molecule has 2 aromatic rings. The van der Waals surface area contributed by atoms with Gasteiger partial charge in [-0.2, -0.15) is 5.26 Å². The van der Waals surface area contributed by atoms with Gasteiger partial charge in [0, 0.05) is 21.8 Å². The number of para-hydroxylation sites is 1. The number of carbonyl (C=O) groups excluding carboxylic acids is 1. The van der Waals surface area contributed by atoms with Gasteiger partial charge in [0.25, 0.3) is 5.91 Å². The number of anilines is 1. The number of nitrogens with one attached hydrogen (secondary N) is 2. The van der Waals surface area contributed by atoms with E-state index in [1.807, 2.05) is 35.7 Å². The largest absolute Gasteiger partial charge is 0.481 e. The predicted octanol–water partition coefficient (Wildman–Crippen LogP) is 3.90. The number of carboxylic acid groups (broad SMARTS) is 1. The van der Waals surface area contributed by atoms with Crippen molar-refractivity contribution in [2.24, 2.45) is 0 Å². The van der Waals surface area contributed by atoms with E-state index in [1.54, 1.807) is 19.1 Å². The zero-order valence-corrected chi connectivity index (χ0v) is 16.6. The second-order valence-electron chi connectivity index (χ2n) is 5.97. The average molecular weight is 412 g/mol. The molecule has 0 spiro atoms. The molecule has 1 unspecified atom stereocenters. The van der Waals surface area contributed by atoms with Crippen molar-refractivity contribution >= 4 is 40.7 Å². The van der Waals surface area contributed by atoms with Gasteiger partial charge >= 0.3 is 5.97 Å². The van der Waals surface area contributed by atoms with Crippen LogP contribution in [0.4, 0.5) is 5.69 Å². The van der Waals surface area contributed by atoms with Crippen molar-refractivity contribution in [2.75, 3.05) is 11.1 Å². The van der Waals surface area contributed by atoms with Gasteiger partial charge in [0.1, 0.15) is 0 Å². The van der Waals surface area contributed by atoms with E-state index in [0.29, 0.717) is 27.6 Å². The highest BCUT2D eigenvalue weighted by atomic mass is 32.2. The van der Waals surface area contributed by atoms with Gasteiger partial charge in [-0.25, -0.2) is 0 Å². The summed E-state index contributed by atoms with van der Waals surface area (Å²) in [5.41, 5.74) is 2.05. The van der Waals surface area contributed by atoms with Gasteiger partial charge in [0.05, 0.1) is 28.3 Å². The molecule has 28 heavy (non-hydrogen) atoms. The fourth-order valence-electron chi connectivity index (χ4n) is 2.92. The highest BCUT2D eigenvalue weighted by molar-refractivity contribution is 8.03. The Morgan fingerprint density at radius 3 is 2.64 bits per heavy atom. The molecule has 0 saturated heterocycles. The van der Waals surface area contributed by atoms with E-state index in [0.717, 1.165) is 16.6 Å². The van der Waals surface area contributed by atoms with Gasteiger partial charge in [-0.1, -0.05) is 36.0 Å². The first kappa shape index (κ1) is 19.7. The monoisotopic (exact) mass is 411 g/mol. The molecule has 1 aromatic carbocycles. The van der Waals surface area contributed by atoms with Gasteiger partial charge in [-0.15, -0.1) is 11.3 Å². The number of dihydropyridines is 1. The Morgan fingerprint density at radius 2 is 2.04 bits per heavy atom. The highest BCUT2D eigenvalue weighted by Gasteiger charge is 2.35. The zero-order valence-electron chi connectivity index (χ0n) is 14.9. The van der Waals surface area contributed by atoms with E-state index >= 15 is 0 Å². The van der Waals surface area contributed by atoms with Gasteiger partial charge in [0.2, 0.25) is 0 Å². The van der Waals surface area contributed by atoms with Crippen LogP contribution in [0, 0.1) is 11.3 Å². The number of hydrogen-bond donors (Lipinski definition) is 3. The Hall–Kier alpha value is -3.02. The van der Waals surface area contributed by atoms with Crippen LogP contribution in [0.2, 0.25) is 0 Å². The fourth-order valence-corrected chi connectivity index (χ4v) is 4.58. The SMILES string of the molecule is CC1=C(C(=O)Nc2ccccc2)C(c2cccs2)C(C#N)=C(SCC(=O)O)N1. The van der Waals surface area contributed by atoms with E-state index in [1.165, 1.54) is 11.3 Å². The quantitative estimate of drug-likeness (QED) is 0.666. The van der Waals surface area contributed by atoms with Crippen molar-refractivity contribution in [3.05, 3.63) is 74.6 Å². The number of allylic oxidation sites excluding steroid dienone is 2. The first-order chi connectivity index (χ1) is 13.5. The van der Waals surface area contributed by atoms with Crippen LogP contribution in [-0.2, 0) is 9.59 Å². The lowest BCUT2D eigenvalue weighted by Gasteiger charge is -2.28. The van der Waals surface area contributed by atoms with Crippen LogP contribution in [0.3, 0.4) is 0 Å². The Labute approximate surface area is 170 Å². The van der Waals surface area contributed by atoms with Gasteiger partial charge in [0.15, 0.2) is 0 Å². The normalized spacial score (nSPS) is 16.4. The minimum atomic E-state index is -0.974. The van der Waals surface area contributed by atoms with Crippen molar-refractivity contribution in [1.82, 2.24) is 5.32 Å². The topological polar surface area (TPSA) is 102 Å². The van der Waals surface area contributed by atoms with E-state index < -0.39 is 11.9 Å². The Balaban J connectivity index is 2.01. The number of amides is 1. The number of thioether (sulfide) groups is 1. The van der Waals surface area contributed by atoms with Gasteiger partial charge < -0.3 is 15.7 Å². The third-order valence-corrected chi connectivity index (χ3v) is 6.03. The minimum absolute atomic E-state index is 0.177. The molecule has 1 amide bonds. The van der Waals surface area contributed by atoms with Crippen LogP contribution in [0.1, 0.15) is 17.7 Å².